The molecule has 94 valence electrons. The zero-order valence-electron chi connectivity index (χ0n) is 10.9. The van der Waals surface area contributed by atoms with E-state index in [1.807, 2.05) is 0 Å². The molecule has 2 rings (SSSR count). The molecular weight excluding hydrogens is 196 g/mol. The van der Waals surface area contributed by atoms with Gasteiger partial charge in [-0.15, -0.1) is 0 Å². The first kappa shape index (κ1) is 12.4. The number of nitrogens with zero attached hydrogens (tertiary/aromatic N) is 1. The van der Waals surface area contributed by atoms with Crippen LogP contribution in [0.25, 0.3) is 0 Å². The molecule has 16 heavy (non-hydrogen) atoms. The standard InChI is InChI=1S/C14H28N2/c1-13-5-2-3-11-16(13)12-4-6-14-7-9-15-10-8-14/h13-15H,2-12H2,1H3. The summed E-state index contributed by atoms with van der Waals surface area (Å²) in [6, 6.07) is 0.849. The molecular formula is C14H28N2. The predicted molar refractivity (Wildman–Crippen MR) is 69.7 cm³/mol. The molecule has 0 aromatic carbocycles. The highest BCUT2D eigenvalue weighted by molar-refractivity contribution is 4.74. The van der Waals surface area contributed by atoms with Gasteiger partial charge in [0.1, 0.15) is 0 Å². The maximum Gasteiger partial charge on any atom is 0.00669 e. The fourth-order valence-electron chi connectivity index (χ4n) is 3.24. The number of piperidine rings is 2. The summed E-state index contributed by atoms with van der Waals surface area (Å²) in [7, 11) is 0. The Morgan fingerprint density at radius 3 is 2.69 bits per heavy atom. The van der Waals surface area contributed by atoms with Crippen molar-refractivity contribution in [2.45, 2.75) is 57.9 Å². The van der Waals surface area contributed by atoms with Crippen molar-refractivity contribution >= 4 is 0 Å². The van der Waals surface area contributed by atoms with Crippen LogP contribution in [0.1, 0.15) is 51.9 Å². The fourth-order valence-corrected chi connectivity index (χ4v) is 3.24. The van der Waals surface area contributed by atoms with Gasteiger partial charge in [0, 0.05) is 6.04 Å². The average Bonchev–Trinajstić information content (AvgIpc) is 2.33. The van der Waals surface area contributed by atoms with Crippen molar-refractivity contribution in [3.8, 4) is 0 Å². The number of hydrogen-bond donors (Lipinski definition) is 1. The van der Waals surface area contributed by atoms with Crippen LogP contribution in [0.15, 0.2) is 0 Å². The van der Waals surface area contributed by atoms with Crippen LogP contribution in [0.2, 0.25) is 0 Å². The molecule has 2 heterocycles. The third kappa shape index (κ3) is 3.74. The van der Waals surface area contributed by atoms with Crippen LogP contribution in [-0.2, 0) is 0 Å². The highest BCUT2D eigenvalue weighted by atomic mass is 15.1. The topological polar surface area (TPSA) is 15.3 Å². The molecule has 1 atom stereocenters. The monoisotopic (exact) mass is 224 g/mol. The quantitative estimate of drug-likeness (QED) is 0.790. The smallest absolute Gasteiger partial charge is 0.00669 e. The average molecular weight is 224 g/mol. The second kappa shape index (κ2) is 6.61. The van der Waals surface area contributed by atoms with E-state index in [0.717, 1.165) is 12.0 Å². The second-order valence-corrected chi connectivity index (χ2v) is 5.72. The summed E-state index contributed by atoms with van der Waals surface area (Å²) >= 11 is 0. The number of rotatable bonds is 4. The molecule has 2 saturated heterocycles. The van der Waals surface area contributed by atoms with Gasteiger partial charge in [-0.05, 0) is 77.5 Å². The summed E-state index contributed by atoms with van der Waals surface area (Å²) in [4.78, 5) is 2.71. The van der Waals surface area contributed by atoms with Gasteiger partial charge in [-0.2, -0.15) is 0 Å². The molecule has 0 radical (unpaired) electrons. The first-order valence-corrected chi connectivity index (χ1v) is 7.31. The van der Waals surface area contributed by atoms with Crippen LogP contribution >= 0.6 is 0 Å². The van der Waals surface area contributed by atoms with Crippen LogP contribution in [-0.4, -0.2) is 37.1 Å². The van der Waals surface area contributed by atoms with Crippen molar-refractivity contribution in [1.29, 1.82) is 0 Å². The van der Waals surface area contributed by atoms with Gasteiger partial charge in [-0.3, -0.25) is 0 Å². The Kier molecular flexibility index (Phi) is 5.11. The van der Waals surface area contributed by atoms with Crippen LogP contribution in [0.3, 0.4) is 0 Å². The maximum absolute atomic E-state index is 3.45. The predicted octanol–water partition coefficient (Wildman–Crippen LogP) is 2.64. The van der Waals surface area contributed by atoms with Crippen molar-refractivity contribution in [2.24, 2.45) is 5.92 Å². The van der Waals surface area contributed by atoms with Gasteiger partial charge >= 0.3 is 0 Å². The Hall–Kier alpha value is -0.0800. The molecule has 0 aromatic heterocycles. The van der Waals surface area contributed by atoms with Crippen LogP contribution in [0.5, 0.6) is 0 Å². The SMILES string of the molecule is CC1CCCCN1CCCC1CCNCC1. The van der Waals surface area contributed by atoms with E-state index in [1.165, 1.54) is 71.1 Å². The molecule has 1 N–H and O–H groups in total. The van der Waals surface area contributed by atoms with E-state index in [9.17, 15) is 0 Å². The summed E-state index contributed by atoms with van der Waals surface area (Å²) in [6.45, 7) is 7.62. The Morgan fingerprint density at radius 1 is 1.12 bits per heavy atom. The van der Waals surface area contributed by atoms with Crippen LogP contribution in [0.4, 0.5) is 0 Å². The largest absolute Gasteiger partial charge is 0.317 e. The first-order chi connectivity index (χ1) is 7.86. The van der Waals surface area contributed by atoms with Crippen molar-refractivity contribution in [3.05, 3.63) is 0 Å². The Bertz CT molecular complexity index is 187. The summed E-state index contributed by atoms with van der Waals surface area (Å²) in [6.07, 6.45) is 10.0. The van der Waals surface area contributed by atoms with E-state index in [-0.39, 0.29) is 0 Å². The molecule has 0 aliphatic carbocycles. The maximum atomic E-state index is 3.45. The minimum absolute atomic E-state index is 0.849. The summed E-state index contributed by atoms with van der Waals surface area (Å²) in [5, 5.41) is 3.45. The lowest BCUT2D eigenvalue weighted by molar-refractivity contribution is 0.153. The van der Waals surface area contributed by atoms with E-state index in [0.29, 0.717) is 0 Å². The second-order valence-electron chi connectivity index (χ2n) is 5.72. The molecule has 0 spiro atoms. The Balaban J connectivity index is 1.59. The van der Waals surface area contributed by atoms with Gasteiger partial charge < -0.3 is 10.2 Å². The molecule has 2 nitrogen and oxygen atoms in total. The van der Waals surface area contributed by atoms with Gasteiger partial charge in [0.2, 0.25) is 0 Å². The summed E-state index contributed by atoms with van der Waals surface area (Å²) in [5.41, 5.74) is 0. The van der Waals surface area contributed by atoms with E-state index in [4.69, 9.17) is 0 Å². The molecule has 0 bridgehead atoms. The van der Waals surface area contributed by atoms with Crippen LogP contribution in [0, 0.1) is 5.92 Å². The summed E-state index contributed by atoms with van der Waals surface area (Å²) < 4.78 is 0. The van der Waals surface area contributed by atoms with E-state index in [2.05, 4.69) is 17.1 Å². The van der Waals surface area contributed by atoms with E-state index < -0.39 is 0 Å². The first-order valence-electron chi connectivity index (χ1n) is 7.31. The summed E-state index contributed by atoms with van der Waals surface area (Å²) in [5.74, 6) is 1.02. The Morgan fingerprint density at radius 2 is 1.94 bits per heavy atom. The molecule has 0 amide bonds. The minimum atomic E-state index is 0.849. The lowest BCUT2D eigenvalue weighted by atomic mass is 9.93. The zero-order chi connectivity index (χ0) is 11.2. The zero-order valence-corrected chi connectivity index (χ0v) is 10.9. The Labute approximate surface area is 101 Å². The molecule has 1 unspecified atom stereocenters. The number of nitrogens with one attached hydrogen (secondary N) is 1. The minimum Gasteiger partial charge on any atom is -0.317 e. The van der Waals surface area contributed by atoms with Crippen molar-refractivity contribution in [2.75, 3.05) is 26.2 Å². The van der Waals surface area contributed by atoms with Gasteiger partial charge in [-0.1, -0.05) is 6.42 Å². The third-order valence-corrected chi connectivity index (χ3v) is 4.46. The van der Waals surface area contributed by atoms with Gasteiger partial charge in [0.15, 0.2) is 0 Å². The highest BCUT2D eigenvalue weighted by Gasteiger charge is 2.18. The lowest BCUT2D eigenvalue weighted by Gasteiger charge is -2.33. The number of likely N-dealkylation sites (tertiary alicyclic amines) is 1. The molecule has 2 fully saturated rings. The van der Waals surface area contributed by atoms with Crippen molar-refractivity contribution in [1.82, 2.24) is 10.2 Å². The van der Waals surface area contributed by atoms with Gasteiger partial charge in [0.25, 0.3) is 0 Å². The van der Waals surface area contributed by atoms with Crippen molar-refractivity contribution in [3.63, 3.8) is 0 Å². The molecule has 0 saturated carbocycles. The highest BCUT2D eigenvalue weighted by Crippen LogP contribution is 2.20. The van der Waals surface area contributed by atoms with Crippen LogP contribution < -0.4 is 5.32 Å². The third-order valence-electron chi connectivity index (χ3n) is 4.46. The molecule has 0 aromatic rings. The number of hydrogen-bond acceptors (Lipinski definition) is 2. The molecule has 2 aliphatic heterocycles. The fraction of sp³-hybridized carbons (Fsp3) is 1.00. The van der Waals surface area contributed by atoms with Crippen molar-refractivity contribution < 1.29 is 0 Å². The lowest BCUT2D eigenvalue weighted by Crippen LogP contribution is -2.38. The van der Waals surface area contributed by atoms with Gasteiger partial charge in [-0.25, -0.2) is 0 Å². The molecule has 2 heteroatoms. The van der Waals surface area contributed by atoms with E-state index >= 15 is 0 Å². The molecule has 2 aliphatic rings. The van der Waals surface area contributed by atoms with E-state index in [1.54, 1.807) is 0 Å². The van der Waals surface area contributed by atoms with Gasteiger partial charge in [0.05, 0.1) is 0 Å². The normalized spacial score (nSPS) is 29.4.